The first kappa shape index (κ1) is 20.5. The van der Waals surface area contributed by atoms with Crippen molar-refractivity contribution in [3.8, 4) is 11.8 Å². The number of morpholine rings is 1. The standard InChI is InChI=1S/C23H28N4O3/c1-23(2)12-18-21(19(28)13-23)20(15-4-6-16(29-3)7-5-15)17(14-24)22(25)27(18)26-8-10-30-11-9-26/h4-7,20H,8-13,25H2,1-3H3/t20-/m0/s1. The Morgan fingerprint density at radius 1 is 1.20 bits per heavy atom. The fourth-order valence-electron chi connectivity index (χ4n) is 4.70. The maximum Gasteiger partial charge on any atom is 0.162 e. The number of hydrogen-bond acceptors (Lipinski definition) is 7. The van der Waals surface area contributed by atoms with Crippen LogP contribution in [-0.4, -0.2) is 49.2 Å². The summed E-state index contributed by atoms with van der Waals surface area (Å²) in [5.74, 6) is 0.757. The molecule has 0 bridgehead atoms. The molecule has 2 N–H and O–H groups in total. The van der Waals surface area contributed by atoms with E-state index in [-0.39, 0.29) is 11.2 Å². The van der Waals surface area contributed by atoms with Crippen LogP contribution in [0.1, 0.15) is 38.2 Å². The number of nitriles is 1. The van der Waals surface area contributed by atoms with Crippen molar-refractivity contribution in [1.29, 1.82) is 5.26 Å². The molecule has 1 aliphatic carbocycles. The first-order valence-corrected chi connectivity index (χ1v) is 10.3. The minimum atomic E-state index is -0.461. The molecule has 30 heavy (non-hydrogen) atoms. The molecule has 0 saturated carbocycles. The van der Waals surface area contributed by atoms with Crippen molar-refractivity contribution in [3.05, 3.63) is 52.5 Å². The molecule has 1 aromatic rings. The molecule has 1 saturated heterocycles. The van der Waals surface area contributed by atoms with Gasteiger partial charge in [0, 0.05) is 30.8 Å². The Bertz CT molecular complexity index is 950. The third-order valence-electron chi connectivity index (χ3n) is 6.07. The third kappa shape index (κ3) is 3.47. The number of methoxy groups -OCH3 is 1. The molecule has 0 unspecified atom stereocenters. The molecule has 7 heteroatoms. The second-order valence-corrected chi connectivity index (χ2v) is 8.80. The lowest BCUT2D eigenvalue weighted by molar-refractivity contribution is -0.119. The van der Waals surface area contributed by atoms with Gasteiger partial charge in [-0.2, -0.15) is 5.26 Å². The molecule has 2 heterocycles. The average Bonchev–Trinajstić information content (AvgIpc) is 2.73. The molecule has 1 aromatic carbocycles. The van der Waals surface area contributed by atoms with E-state index >= 15 is 0 Å². The zero-order valence-electron chi connectivity index (χ0n) is 17.8. The number of carbonyl (C=O) groups is 1. The fraction of sp³-hybridized carbons (Fsp3) is 0.478. The van der Waals surface area contributed by atoms with Gasteiger partial charge in [-0.05, 0) is 29.5 Å². The summed E-state index contributed by atoms with van der Waals surface area (Å²) < 4.78 is 10.8. The third-order valence-corrected chi connectivity index (χ3v) is 6.07. The predicted octanol–water partition coefficient (Wildman–Crippen LogP) is 2.68. The maximum absolute atomic E-state index is 13.4. The number of rotatable bonds is 3. The van der Waals surface area contributed by atoms with Gasteiger partial charge in [-0.1, -0.05) is 26.0 Å². The number of hydrogen-bond donors (Lipinski definition) is 1. The van der Waals surface area contributed by atoms with Gasteiger partial charge >= 0.3 is 0 Å². The van der Waals surface area contributed by atoms with E-state index in [4.69, 9.17) is 15.2 Å². The van der Waals surface area contributed by atoms with Gasteiger partial charge in [-0.25, -0.2) is 5.01 Å². The molecule has 7 nitrogen and oxygen atoms in total. The quantitative estimate of drug-likeness (QED) is 0.822. The van der Waals surface area contributed by atoms with Crippen molar-refractivity contribution in [2.24, 2.45) is 11.1 Å². The minimum absolute atomic E-state index is 0.0839. The Labute approximate surface area is 177 Å². The molecule has 0 aromatic heterocycles. The van der Waals surface area contributed by atoms with Crippen LogP contribution in [-0.2, 0) is 9.53 Å². The number of carbonyl (C=O) groups excluding carboxylic acids is 1. The Morgan fingerprint density at radius 2 is 1.87 bits per heavy atom. The van der Waals surface area contributed by atoms with Gasteiger partial charge < -0.3 is 15.2 Å². The zero-order valence-corrected chi connectivity index (χ0v) is 17.8. The summed E-state index contributed by atoms with van der Waals surface area (Å²) in [6.45, 7) is 6.72. The number of ether oxygens (including phenoxy) is 2. The summed E-state index contributed by atoms with van der Waals surface area (Å²) in [6.07, 6.45) is 1.17. The van der Waals surface area contributed by atoms with Crippen LogP contribution >= 0.6 is 0 Å². The highest BCUT2D eigenvalue weighted by atomic mass is 16.5. The second kappa shape index (κ2) is 7.78. The number of nitrogens with zero attached hydrogens (tertiary/aromatic N) is 3. The monoisotopic (exact) mass is 408 g/mol. The Kier molecular flexibility index (Phi) is 5.31. The maximum atomic E-state index is 13.4. The summed E-state index contributed by atoms with van der Waals surface area (Å²) in [4.78, 5) is 13.4. The molecule has 158 valence electrons. The van der Waals surface area contributed by atoms with Crippen molar-refractivity contribution in [1.82, 2.24) is 10.0 Å². The Hall–Kier alpha value is -2.82. The van der Waals surface area contributed by atoms with Gasteiger partial charge in [0.2, 0.25) is 0 Å². The highest BCUT2D eigenvalue weighted by molar-refractivity contribution is 6.00. The van der Waals surface area contributed by atoms with Crippen LogP contribution in [0.25, 0.3) is 0 Å². The molecular formula is C23H28N4O3. The minimum Gasteiger partial charge on any atom is -0.497 e. The van der Waals surface area contributed by atoms with Gasteiger partial charge in [0.05, 0.1) is 37.9 Å². The SMILES string of the molecule is COc1ccc([C@H]2C(C#N)=C(N)N(N3CCOCC3)C3=C2C(=O)CC(C)(C)C3)cc1. The first-order chi connectivity index (χ1) is 14.4. The van der Waals surface area contributed by atoms with Crippen molar-refractivity contribution in [2.75, 3.05) is 33.4 Å². The molecule has 4 rings (SSSR count). The Morgan fingerprint density at radius 3 is 2.47 bits per heavy atom. The van der Waals surface area contributed by atoms with Crippen molar-refractivity contribution >= 4 is 5.78 Å². The highest BCUT2D eigenvalue weighted by Crippen LogP contribution is 2.49. The van der Waals surface area contributed by atoms with Gasteiger partial charge in [0.25, 0.3) is 0 Å². The zero-order chi connectivity index (χ0) is 21.5. The van der Waals surface area contributed by atoms with E-state index in [1.807, 2.05) is 29.3 Å². The number of Topliss-reactive ketones (excluding diaryl/α,β-unsaturated/α-hetero) is 1. The average molecular weight is 409 g/mol. The lowest BCUT2D eigenvalue weighted by atomic mass is 9.69. The molecule has 3 aliphatic rings. The van der Waals surface area contributed by atoms with Crippen LogP contribution in [0.3, 0.4) is 0 Å². The number of nitrogens with two attached hydrogens (primary N) is 1. The molecule has 2 aliphatic heterocycles. The molecule has 0 radical (unpaired) electrons. The van der Waals surface area contributed by atoms with Gasteiger partial charge in [0.15, 0.2) is 5.78 Å². The van der Waals surface area contributed by atoms with Crippen molar-refractivity contribution < 1.29 is 14.3 Å². The summed E-state index contributed by atoms with van der Waals surface area (Å²) >= 11 is 0. The summed E-state index contributed by atoms with van der Waals surface area (Å²) in [5.41, 5.74) is 9.34. The first-order valence-electron chi connectivity index (χ1n) is 10.3. The van der Waals surface area contributed by atoms with Crippen LogP contribution in [0.4, 0.5) is 0 Å². The van der Waals surface area contributed by atoms with E-state index in [2.05, 4.69) is 24.9 Å². The van der Waals surface area contributed by atoms with E-state index in [1.54, 1.807) is 7.11 Å². The van der Waals surface area contributed by atoms with E-state index in [0.717, 1.165) is 23.4 Å². The van der Waals surface area contributed by atoms with Crippen LogP contribution in [0.2, 0.25) is 0 Å². The van der Waals surface area contributed by atoms with Crippen LogP contribution in [0.15, 0.2) is 46.9 Å². The summed E-state index contributed by atoms with van der Waals surface area (Å²) in [7, 11) is 1.61. The molecule has 1 fully saturated rings. The van der Waals surface area contributed by atoms with Crippen LogP contribution < -0.4 is 10.5 Å². The van der Waals surface area contributed by atoms with E-state index < -0.39 is 5.92 Å². The van der Waals surface area contributed by atoms with Crippen molar-refractivity contribution in [2.45, 2.75) is 32.6 Å². The normalized spacial score (nSPS) is 24.5. The Balaban J connectivity index is 1.89. The lowest BCUT2D eigenvalue weighted by Crippen LogP contribution is -2.53. The van der Waals surface area contributed by atoms with Crippen LogP contribution in [0, 0.1) is 16.7 Å². The predicted molar refractivity (Wildman–Crippen MR) is 112 cm³/mol. The van der Waals surface area contributed by atoms with Gasteiger partial charge in [0.1, 0.15) is 11.6 Å². The van der Waals surface area contributed by atoms with Gasteiger partial charge in [-0.15, -0.1) is 0 Å². The number of benzene rings is 1. The van der Waals surface area contributed by atoms with E-state index in [0.29, 0.717) is 49.7 Å². The molecular weight excluding hydrogens is 380 g/mol. The molecule has 1 atom stereocenters. The number of hydrazine groups is 1. The summed E-state index contributed by atoms with van der Waals surface area (Å²) in [5, 5.41) is 14.1. The number of allylic oxidation sites excluding steroid dienone is 3. The second-order valence-electron chi connectivity index (χ2n) is 8.80. The molecule has 0 amide bonds. The van der Waals surface area contributed by atoms with Crippen LogP contribution in [0.5, 0.6) is 5.75 Å². The van der Waals surface area contributed by atoms with Gasteiger partial charge in [-0.3, -0.25) is 9.80 Å². The van der Waals surface area contributed by atoms with E-state index in [1.165, 1.54) is 0 Å². The van der Waals surface area contributed by atoms with E-state index in [9.17, 15) is 10.1 Å². The molecule has 0 spiro atoms. The van der Waals surface area contributed by atoms with Crippen molar-refractivity contribution in [3.63, 3.8) is 0 Å². The fourth-order valence-corrected chi connectivity index (χ4v) is 4.70. The lowest BCUT2D eigenvalue weighted by Gasteiger charge is -2.48. The smallest absolute Gasteiger partial charge is 0.162 e. The largest absolute Gasteiger partial charge is 0.497 e. The highest BCUT2D eigenvalue weighted by Gasteiger charge is 2.45. The summed E-state index contributed by atoms with van der Waals surface area (Å²) in [6, 6.07) is 9.84. The number of ketones is 1. The topological polar surface area (TPSA) is 91.8 Å².